The van der Waals surface area contributed by atoms with Crippen LogP contribution in [0, 0.1) is 0 Å². The van der Waals surface area contributed by atoms with Crippen molar-refractivity contribution in [2.75, 3.05) is 13.1 Å². The second kappa shape index (κ2) is 7.08. The summed E-state index contributed by atoms with van der Waals surface area (Å²) in [4.78, 5) is 14.6. The maximum Gasteiger partial charge on any atom is 0.338 e. The molecular formula is C18H25NO2. The lowest BCUT2D eigenvalue weighted by Crippen LogP contribution is -2.34. The molecule has 1 aromatic rings. The van der Waals surface area contributed by atoms with Crippen LogP contribution < -0.4 is 0 Å². The molecule has 0 amide bonds. The quantitative estimate of drug-likeness (QED) is 0.628. The smallest absolute Gasteiger partial charge is 0.338 e. The van der Waals surface area contributed by atoms with Crippen molar-refractivity contribution in [3.63, 3.8) is 0 Å². The van der Waals surface area contributed by atoms with E-state index in [0.29, 0.717) is 11.6 Å². The summed E-state index contributed by atoms with van der Waals surface area (Å²) in [6.07, 6.45) is 9.17. The zero-order valence-electron chi connectivity index (χ0n) is 12.7. The first-order chi connectivity index (χ1) is 10.3. The fourth-order valence-corrected chi connectivity index (χ4v) is 3.60. The van der Waals surface area contributed by atoms with Gasteiger partial charge in [0.2, 0.25) is 0 Å². The Hall–Kier alpha value is -1.35. The topological polar surface area (TPSA) is 29.5 Å². The number of hydrogen-bond acceptors (Lipinski definition) is 3. The normalized spacial score (nSPS) is 24.7. The van der Waals surface area contributed by atoms with Crippen LogP contribution in [0.3, 0.4) is 0 Å². The van der Waals surface area contributed by atoms with Gasteiger partial charge in [0.1, 0.15) is 6.10 Å². The van der Waals surface area contributed by atoms with E-state index in [0.717, 1.165) is 19.5 Å². The minimum atomic E-state index is -0.177. The van der Waals surface area contributed by atoms with E-state index in [-0.39, 0.29) is 12.1 Å². The Bertz CT molecular complexity index is 452. The molecule has 0 spiro atoms. The van der Waals surface area contributed by atoms with E-state index in [1.165, 1.54) is 38.5 Å². The maximum absolute atomic E-state index is 12.1. The Labute approximate surface area is 127 Å². The lowest BCUT2D eigenvalue weighted by molar-refractivity contribution is 0.0309. The number of likely N-dealkylation sites (tertiary alicyclic amines) is 1. The molecule has 1 aromatic carbocycles. The summed E-state index contributed by atoms with van der Waals surface area (Å²) in [6, 6.07) is 10.0. The minimum Gasteiger partial charge on any atom is -0.457 e. The van der Waals surface area contributed by atoms with Gasteiger partial charge < -0.3 is 4.74 Å². The average Bonchev–Trinajstić information content (AvgIpc) is 2.81. The Balaban J connectivity index is 1.51. The summed E-state index contributed by atoms with van der Waals surface area (Å²) in [5.41, 5.74) is 0.658. The van der Waals surface area contributed by atoms with Crippen LogP contribution in [0.15, 0.2) is 30.3 Å². The number of benzene rings is 1. The lowest BCUT2D eigenvalue weighted by Gasteiger charge is -2.26. The molecule has 21 heavy (non-hydrogen) atoms. The summed E-state index contributed by atoms with van der Waals surface area (Å²) < 4.78 is 5.67. The molecule has 1 atom stereocenters. The van der Waals surface area contributed by atoms with Gasteiger partial charge >= 0.3 is 5.97 Å². The van der Waals surface area contributed by atoms with Crippen molar-refractivity contribution in [3.05, 3.63) is 35.9 Å². The third kappa shape index (κ3) is 3.85. The molecule has 1 aliphatic heterocycles. The number of rotatable bonds is 3. The molecule has 114 valence electrons. The van der Waals surface area contributed by atoms with Gasteiger partial charge in [0, 0.05) is 19.1 Å². The highest BCUT2D eigenvalue weighted by Crippen LogP contribution is 2.26. The Morgan fingerprint density at radius 1 is 1.00 bits per heavy atom. The van der Waals surface area contributed by atoms with Crippen LogP contribution >= 0.6 is 0 Å². The first-order valence-corrected chi connectivity index (χ1v) is 8.33. The largest absolute Gasteiger partial charge is 0.457 e. The van der Waals surface area contributed by atoms with Crippen LogP contribution in [-0.4, -0.2) is 36.1 Å². The number of nitrogens with zero attached hydrogens (tertiary/aromatic N) is 1. The molecule has 3 nitrogen and oxygen atoms in total. The molecule has 1 heterocycles. The predicted molar refractivity (Wildman–Crippen MR) is 83.3 cm³/mol. The van der Waals surface area contributed by atoms with Gasteiger partial charge in [-0.2, -0.15) is 0 Å². The number of carbonyl (C=O) groups excluding carboxylic acids is 1. The van der Waals surface area contributed by atoms with E-state index in [1.807, 2.05) is 30.3 Å². The molecule has 1 aliphatic carbocycles. The van der Waals surface area contributed by atoms with Crippen LogP contribution in [0.4, 0.5) is 0 Å². The Kier molecular flexibility index (Phi) is 4.91. The Morgan fingerprint density at radius 2 is 1.71 bits per heavy atom. The summed E-state index contributed by atoms with van der Waals surface area (Å²) in [5.74, 6) is -0.177. The van der Waals surface area contributed by atoms with Crippen molar-refractivity contribution in [1.29, 1.82) is 0 Å². The molecule has 0 bridgehead atoms. The first kappa shape index (κ1) is 14.6. The second-order valence-corrected chi connectivity index (χ2v) is 6.32. The molecule has 2 fully saturated rings. The van der Waals surface area contributed by atoms with Gasteiger partial charge in [-0.25, -0.2) is 4.79 Å². The van der Waals surface area contributed by atoms with Crippen LogP contribution in [0.25, 0.3) is 0 Å². The molecule has 1 unspecified atom stereocenters. The summed E-state index contributed by atoms with van der Waals surface area (Å²) in [5, 5.41) is 0. The molecule has 0 radical (unpaired) electrons. The third-order valence-electron chi connectivity index (χ3n) is 4.80. The number of carbonyl (C=O) groups is 1. The minimum absolute atomic E-state index is 0.0703. The Morgan fingerprint density at radius 3 is 2.43 bits per heavy atom. The van der Waals surface area contributed by atoms with Crippen molar-refractivity contribution < 1.29 is 9.53 Å². The maximum atomic E-state index is 12.1. The van der Waals surface area contributed by atoms with Crippen molar-refractivity contribution in [3.8, 4) is 0 Å². The number of esters is 1. The summed E-state index contributed by atoms with van der Waals surface area (Å²) in [6.45, 7) is 2.00. The van der Waals surface area contributed by atoms with Crippen molar-refractivity contribution in [2.24, 2.45) is 0 Å². The summed E-state index contributed by atoms with van der Waals surface area (Å²) in [7, 11) is 0. The highest BCUT2D eigenvalue weighted by Gasteiger charge is 2.30. The number of hydrogen-bond donors (Lipinski definition) is 0. The molecule has 1 saturated carbocycles. The highest BCUT2D eigenvalue weighted by atomic mass is 16.5. The fraction of sp³-hybridized carbons (Fsp3) is 0.611. The predicted octanol–water partition coefficient (Wildman–Crippen LogP) is 3.64. The van der Waals surface area contributed by atoms with Gasteiger partial charge in [-0.05, 0) is 31.4 Å². The first-order valence-electron chi connectivity index (χ1n) is 8.33. The SMILES string of the molecule is O=C(OC1CCN(C2CCCCCC2)C1)c1ccccc1. The van der Waals surface area contributed by atoms with Crippen molar-refractivity contribution >= 4 is 5.97 Å². The van der Waals surface area contributed by atoms with Crippen LogP contribution in [0.1, 0.15) is 55.3 Å². The van der Waals surface area contributed by atoms with Crippen LogP contribution in [0.2, 0.25) is 0 Å². The van der Waals surface area contributed by atoms with E-state index < -0.39 is 0 Å². The highest BCUT2D eigenvalue weighted by molar-refractivity contribution is 5.89. The third-order valence-corrected chi connectivity index (χ3v) is 4.80. The zero-order valence-corrected chi connectivity index (χ0v) is 12.7. The van der Waals surface area contributed by atoms with Gasteiger partial charge in [0.15, 0.2) is 0 Å². The van der Waals surface area contributed by atoms with E-state index >= 15 is 0 Å². The van der Waals surface area contributed by atoms with E-state index in [1.54, 1.807) is 0 Å². The lowest BCUT2D eigenvalue weighted by atomic mass is 10.1. The van der Waals surface area contributed by atoms with Gasteiger partial charge in [-0.1, -0.05) is 43.9 Å². The molecule has 0 aromatic heterocycles. The molecule has 1 saturated heterocycles. The van der Waals surface area contributed by atoms with Gasteiger partial charge in [0.05, 0.1) is 5.56 Å². The monoisotopic (exact) mass is 287 g/mol. The average molecular weight is 287 g/mol. The van der Waals surface area contributed by atoms with Crippen molar-refractivity contribution in [2.45, 2.75) is 57.1 Å². The van der Waals surface area contributed by atoms with Gasteiger partial charge in [-0.3, -0.25) is 4.90 Å². The van der Waals surface area contributed by atoms with Crippen LogP contribution in [0.5, 0.6) is 0 Å². The van der Waals surface area contributed by atoms with E-state index in [4.69, 9.17) is 4.74 Å². The fourth-order valence-electron chi connectivity index (χ4n) is 3.60. The molecular weight excluding hydrogens is 262 g/mol. The summed E-state index contributed by atoms with van der Waals surface area (Å²) >= 11 is 0. The van der Waals surface area contributed by atoms with Gasteiger partial charge in [0.25, 0.3) is 0 Å². The molecule has 3 rings (SSSR count). The molecule has 3 heteroatoms. The van der Waals surface area contributed by atoms with E-state index in [9.17, 15) is 4.79 Å². The standard InChI is InChI=1S/C18H25NO2/c20-18(15-8-4-3-5-9-15)21-17-12-13-19(14-17)16-10-6-1-2-7-11-16/h3-5,8-9,16-17H,1-2,6-7,10-14H2. The molecule has 0 N–H and O–H groups in total. The van der Waals surface area contributed by atoms with Crippen molar-refractivity contribution in [1.82, 2.24) is 4.90 Å². The zero-order chi connectivity index (χ0) is 14.5. The number of ether oxygens (including phenoxy) is 1. The van der Waals surface area contributed by atoms with E-state index in [2.05, 4.69) is 4.90 Å². The van der Waals surface area contributed by atoms with Crippen LogP contribution in [-0.2, 0) is 4.74 Å². The van der Waals surface area contributed by atoms with Gasteiger partial charge in [-0.15, -0.1) is 0 Å². The molecule has 2 aliphatic rings. The second-order valence-electron chi connectivity index (χ2n) is 6.32.